The van der Waals surface area contributed by atoms with Gasteiger partial charge in [-0.2, -0.15) is 0 Å². The number of nitrogens with zero attached hydrogens (tertiary/aromatic N) is 1. The zero-order valence-electron chi connectivity index (χ0n) is 17.4. The molecule has 0 spiro atoms. The van der Waals surface area contributed by atoms with Crippen LogP contribution in [0.3, 0.4) is 0 Å². The normalized spacial score (nSPS) is 10.9. The molecule has 146 valence electrons. The largest absolute Gasteiger partial charge is 0.488 e. The van der Waals surface area contributed by atoms with E-state index in [2.05, 4.69) is 67.4 Å². The van der Waals surface area contributed by atoms with Gasteiger partial charge in [-0.05, 0) is 67.6 Å². The summed E-state index contributed by atoms with van der Waals surface area (Å²) >= 11 is 0. The fourth-order valence-corrected chi connectivity index (χ4v) is 3.68. The van der Waals surface area contributed by atoms with Crippen molar-refractivity contribution >= 4 is 0 Å². The second-order valence-corrected chi connectivity index (χ2v) is 7.55. The van der Waals surface area contributed by atoms with E-state index in [4.69, 9.17) is 9.72 Å². The van der Waals surface area contributed by atoms with Crippen molar-refractivity contribution in [1.82, 2.24) is 9.97 Å². The fraction of sp³-hybridized carbons (Fsp3) is 0.192. The lowest BCUT2D eigenvalue weighted by Crippen LogP contribution is -1.98. The van der Waals surface area contributed by atoms with Gasteiger partial charge in [0.15, 0.2) is 0 Å². The van der Waals surface area contributed by atoms with E-state index in [0.717, 1.165) is 34.1 Å². The number of hydrogen-bond acceptors (Lipinski definition) is 2. The van der Waals surface area contributed by atoms with Crippen molar-refractivity contribution in [2.24, 2.45) is 0 Å². The quantitative estimate of drug-likeness (QED) is 0.425. The second kappa shape index (κ2) is 7.96. The Balaban J connectivity index is 1.78. The molecule has 3 heteroatoms. The van der Waals surface area contributed by atoms with E-state index in [-0.39, 0.29) is 0 Å². The zero-order valence-corrected chi connectivity index (χ0v) is 17.4. The average Bonchev–Trinajstić information content (AvgIpc) is 3.06. The summed E-state index contributed by atoms with van der Waals surface area (Å²) in [6.07, 6.45) is 0. The van der Waals surface area contributed by atoms with E-state index in [1.807, 2.05) is 32.0 Å². The molecular weight excluding hydrogens is 356 g/mol. The first kappa shape index (κ1) is 19.0. The highest BCUT2D eigenvalue weighted by atomic mass is 16.5. The number of aryl methyl sites for hydroxylation is 4. The summed E-state index contributed by atoms with van der Waals surface area (Å²) in [6.45, 7) is 8.90. The number of ether oxygens (including phenoxy) is 1. The van der Waals surface area contributed by atoms with Crippen LogP contribution in [0.1, 0.15) is 28.1 Å². The van der Waals surface area contributed by atoms with Crippen LogP contribution in [0.4, 0.5) is 0 Å². The number of imidazole rings is 1. The third-order valence-corrected chi connectivity index (χ3v) is 5.37. The Kier molecular flexibility index (Phi) is 5.22. The molecular formula is C26H26N2O. The van der Waals surface area contributed by atoms with Gasteiger partial charge in [-0.3, -0.25) is 0 Å². The Labute approximate surface area is 172 Å². The zero-order chi connectivity index (χ0) is 20.4. The fourth-order valence-electron chi connectivity index (χ4n) is 3.68. The van der Waals surface area contributed by atoms with Gasteiger partial charge in [0, 0.05) is 5.69 Å². The number of H-pyrrole nitrogens is 1. The van der Waals surface area contributed by atoms with Gasteiger partial charge in [-0.25, -0.2) is 4.98 Å². The minimum Gasteiger partial charge on any atom is -0.488 e. The van der Waals surface area contributed by atoms with E-state index < -0.39 is 0 Å². The van der Waals surface area contributed by atoms with Gasteiger partial charge in [0.1, 0.15) is 18.2 Å². The molecule has 0 atom stereocenters. The summed E-state index contributed by atoms with van der Waals surface area (Å²) < 4.78 is 6.22. The monoisotopic (exact) mass is 382 g/mol. The summed E-state index contributed by atoms with van der Waals surface area (Å²) in [5, 5.41) is 0. The number of aromatic amines is 1. The maximum Gasteiger partial charge on any atom is 0.141 e. The van der Waals surface area contributed by atoms with Crippen LogP contribution in [-0.4, -0.2) is 9.97 Å². The molecule has 0 aliphatic carbocycles. The van der Waals surface area contributed by atoms with Crippen LogP contribution >= 0.6 is 0 Å². The van der Waals surface area contributed by atoms with Gasteiger partial charge in [0.25, 0.3) is 0 Å². The highest BCUT2D eigenvalue weighted by Gasteiger charge is 2.15. The summed E-state index contributed by atoms with van der Waals surface area (Å²) in [5.74, 6) is 1.67. The molecule has 0 bridgehead atoms. The summed E-state index contributed by atoms with van der Waals surface area (Å²) in [7, 11) is 0. The minimum atomic E-state index is 0.523. The molecule has 0 amide bonds. The van der Waals surface area contributed by atoms with Gasteiger partial charge in [0.2, 0.25) is 0 Å². The molecule has 4 rings (SSSR count). The van der Waals surface area contributed by atoms with Gasteiger partial charge < -0.3 is 9.72 Å². The first-order valence-electron chi connectivity index (χ1n) is 9.94. The van der Waals surface area contributed by atoms with Crippen LogP contribution in [0.2, 0.25) is 0 Å². The molecule has 0 saturated carbocycles. The molecule has 0 radical (unpaired) electrons. The highest BCUT2D eigenvalue weighted by Crippen LogP contribution is 2.36. The van der Waals surface area contributed by atoms with Crippen molar-refractivity contribution in [3.05, 3.63) is 94.8 Å². The number of hydrogen-bond donors (Lipinski definition) is 1. The van der Waals surface area contributed by atoms with Crippen LogP contribution in [-0.2, 0) is 6.61 Å². The molecule has 29 heavy (non-hydrogen) atoms. The molecule has 0 saturated heterocycles. The molecule has 1 heterocycles. The SMILES string of the molecule is Cc1cccc(C)c1-c1ccc(OCc2ccccc2)c(-c2nc(C)c(C)[nH]2)c1. The van der Waals surface area contributed by atoms with Crippen LogP contribution in [0.5, 0.6) is 5.75 Å². The lowest BCUT2D eigenvalue weighted by molar-refractivity contribution is 0.307. The van der Waals surface area contributed by atoms with Crippen molar-refractivity contribution in [2.45, 2.75) is 34.3 Å². The Morgan fingerprint density at radius 2 is 1.55 bits per heavy atom. The molecule has 0 fully saturated rings. The Hall–Kier alpha value is -3.33. The van der Waals surface area contributed by atoms with Gasteiger partial charge in [0.05, 0.1) is 11.3 Å². The standard InChI is InChI=1S/C26H26N2O/c1-17-9-8-10-18(2)25(17)22-13-14-24(29-16-21-11-6-5-7-12-21)23(15-22)26-27-19(3)20(4)28-26/h5-15H,16H2,1-4H3,(H,27,28). The van der Waals surface area contributed by atoms with E-state index in [1.165, 1.54) is 22.3 Å². The first-order chi connectivity index (χ1) is 14.0. The molecule has 1 aromatic heterocycles. The number of nitrogens with one attached hydrogen (secondary N) is 1. The number of benzene rings is 3. The lowest BCUT2D eigenvalue weighted by Gasteiger charge is -2.15. The Morgan fingerprint density at radius 1 is 0.828 bits per heavy atom. The van der Waals surface area contributed by atoms with Crippen LogP contribution in [0.25, 0.3) is 22.5 Å². The summed E-state index contributed by atoms with van der Waals surface area (Å²) in [6, 6.07) is 23.0. The number of aromatic nitrogens is 2. The maximum absolute atomic E-state index is 6.22. The molecule has 0 unspecified atom stereocenters. The molecule has 1 N–H and O–H groups in total. The minimum absolute atomic E-state index is 0.523. The third-order valence-electron chi connectivity index (χ3n) is 5.37. The molecule has 3 aromatic carbocycles. The van der Waals surface area contributed by atoms with Crippen molar-refractivity contribution in [3.63, 3.8) is 0 Å². The first-order valence-corrected chi connectivity index (χ1v) is 9.94. The number of rotatable bonds is 5. The summed E-state index contributed by atoms with van der Waals surface area (Å²) in [4.78, 5) is 8.16. The van der Waals surface area contributed by atoms with Crippen molar-refractivity contribution in [1.29, 1.82) is 0 Å². The van der Waals surface area contributed by atoms with E-state index in [9.17, 15) is 0 Å². The molecule has 3 nitrogen and oxygen atoms in total. The van der Waals surface area contributed by atoms with Crippen molar-refractivity contribution < 1.29 is 4.74 Å². The van der Waals surface area contributed by atoms with Gasteiger partial charge >= 0.3 is 0 Å². The maximum atomic E-state index is 6.22. The lowest BCUT2D eigenvalue weighted by atomic mass is 9.94. The second-order valence-electron chi connectivity index (χ2n) is 7.55. The predicted molar refractivity (Wildman–Crippen MR) is 119 cm³/mol. The average molecular weight is 383 g/mol. The molecule has 0 aliphatic rings. The van der Waals surface area contributed by atoms with E-state index in [1.54, 1.807) is 0 Å². The topological polar surface area (TPSA) is 37.9 Å². The molecule has 4 aromatic rings. The smallest absolute Gasteiger partial charge is 0.141 e. The summed E-state index contributed by atoms with van der Waals surface area (Å²) in [5.41, 5.74) is 9.18. The Morgan fingerprint density at radius 3 is 2.21 bits per heavy atom. The van der Waals surface area contributed by atoms with Crippen molar-refractivity contribution in [3.8, 4) is 28.3 Å². The predicted octanol–water partition coefficient (Wildman–Crippen LogP) is 6.56. The van der Waals surface area contributed by atoms with Crippen LogP contribution in [0, 0.1) is 27.7 Å². The van der Waals surface area contributed by atoms with Crippen molar-refractivity contribution in [2.75, 3.05) is 0 Å². The molecule has 0 aliphatic heterocycles. The van der Waals surface area contributed by atoms with Crippen LogP contribution < -0.4 is 4.74 Å². The van der Waals surface area contributed by atoms with E-state index >= 15 is 0 Å². The van der Waals surface area contributed by atoms with Gasteiger partial charge in [-0.1, -0.05) is 54.6 Å². The van der Waals surface area contributed by atoms with Gasteiger partial charge in [-0.15, -0.1) is 0 Å². The Bertz CT molecular complexity index is 1100. The third kappa shape index (κ3) is 3.95. The van der Waals surface area contributed by atoms with Crippen LogP contribution in [0.15, 0.2) is 66.7 Å². The van der Waals surface area contributed by atoms with E-state index in [0.29, 0.717) is 6.61 Å². The highest BCUT2D eigenvalue weighted by molar-refractivity contribution is 5.78.